The second-order valence-corrected chi connectivity index (χ2v) is 8.31. The number of aromatic nitrogens is 5. The van der Waals surface area contributed by atoms with Gasteiger partial charge in [0.05, 0.1) is 5.75 Å². The van der Waals surface area contributed by atoms with Gasteiger partial charge in [-0.1, -0.05) is 53.7 Å². The second-order valence-electron chi connectivity index (χ2n) is 7.37. The summed E-state index contributed by atoms with van der Waals surface area (Å²) in [6, 6.07) is 13.7. The number of thioether (sulfide) groups is 1. The Bertz CT molecular complexity index is 1310. The Balaban J connectivity index is 1.50. The molecule has 0 saturated heterocycles. The maximum Gasteiger partial charge on any atom is 0.274 e. The number of aromatic amines is 1. The van der Waals surface area contributed by atoms with E-state index in [-0.39, 0.29) is 23.0 Å². The van der Waals surface area contributed by atoms with Crippen molar-refractivity contribution in [1.82, 2.24) is 24.8 Å². The standard InChI is InChI=1S/C22H22N6O2S/c1-13-7-9-16(10-8-13)11-18-20(30)24-21-25-26-22(28(21)27-18)31-12-19(29)23-17-6-4-5-14(2)15(17)3/h4-10H,11-12H2,1-3H3,(H,23,29)(H,24,25,30). The number of benzene rings is 2. The van der Waals surface area contributed by atoms with Crippen LogP contribution in [-0.4, -0.2) is 36.5 Å². The molecule has 9 heteroatoms. The van der Waals surface area contributed by atoms with Crippen LogP contribution < -0.4 is 10.9 Å². The quantitative estimate of drug-likeness (QED) is 0.452. The summed E-state index contributed by atoms with van der Waals surface area (Å²) in [7, 11) is 0. The van der Waals surface area contributed by atoms with Crippen LogP contribution in [0.25, 0.3) is 5.78 Å². The van der Waals surface area contributed by atoms with E-state index in [1.165, 1.54) is 16.3 Å². The number of H-pyrrole nitrogens is 1. The Hall–Kier alpha value is -3.46. The van der Waals surface area contributed by atoms with Gasteiger partial charge in [-0.2, -0.15) is 9.61 Å². The fourth-order valence-electron chi connectivity index (χ4n) is 3.08. The van der Waals surface area contributed by atoms with E-state index in [0.29, 0.717) is 17.3 Å². The Morgan fingerprint density at radius 3 is 2.65 bits per heavy atom. The normalized spacial score (nSPS) is 11.1. The van der Waals surface area contributed by atoms with E-state index in [1.807, 2.05) is 63.2 Å². The second kappa shape index (κ2) is 8.73. The van der Waals surface area contributed by atoms with Crippen LogP contribution in [0.3, 0.4) is 0 Å². The summed E-state index contributed by atoms with van der Waals surface area (Å²) < 4.78 is 1.47. The molecule has 0 aliphatic rings. The lowest BCUT2D eigenvalue weighted by Crippen LogP contribution is -2.19. The number of carbonyl (C=O) groups is 1. The van der Waals surface area contributed by atoms with Crippen molar-refractivity contribution in [3.8, 4) is 0 Å². The highest BCUT2D eigenvalue weighted by molar-refractivity contribution is 7.99. The average Bonchev–Trinajstić information content (AvgIpc) is 3.13. The zero-order valence-electron chi connectivity index (χ0n) is 17.5. The molecule has 0 aliphatic heterocycles. The van der Waals surface area contributed by atoms with Crippen LogP contribution in [-0.2, 0) is 11.2 Å². The molecule has 31 heavy (non-hydrogen) atoms. The van der Waals surface area contributed by atoms with Crippen LogP contribution in [0.2, 0.25) is 0 Å². The molecular formula is C22H22N6O2S. The Labute approximate surface area is 183 Å². The molecule has 1 amide bonds. The van der Waals surface area contributed by atoms with E-state index >= 15 is 0 Å². The van der Waals surface area contributed by atoms with E-state index in [0.717, 1.165) is 27.9 Å². The van der Waals surface area contributed by atoms with Crippen molar-refractivity contribution < 1.29 is 4.79 Å². The number of anilines is 1. The van der Waals surface area contributed by atoms with Gasteiger partial charge in [0.2, 0.25) is 11.1 Å². The first-order valence-electron chi connectivity index (χ1n) is 9.80. The van der Waals surface area contributed by atoms with Crippen LogP contribution >= 0.6 is 11.8 Å². The Kier molecular flexibility index (Phi) is 5.85. The van der Waals surface area contributed by atoms with Gasteiger partial charge < -0.3 is 5.32 Å². The van der Waals surface area contributed by atoms with Gasteiger partial charge in [0.15, 0.2) is 0 Å². The minimum atomic E-state index is -0.301. The summed E-state index contributed by atoms with van der Waals surface area (Å²) in [5.41, 5.74) is 5.13. The van der Waals surface area contributed by atoms with Gasteiger partial charge >= 0.3 is 0 Å². The molecule has 158 valence electrons. The molecule has 0 radical (unpaired) electrons. The molecule has 2 N–H and O–H groups in total. The monoisotopic (exact) mass is 434 g/mol. The average molecular weight is 435 g/mol. The third kappa shape index (κ3) is 4.66. The van der Waals surface area contributed by atoms with Gasteiger partial charge in [-0.05, 0) is 43.5 Å². The summed E-state index contributed by atoms with van der Waals surface area (Å²) in [6.07, 6.45) is 0.390. The highest BCUT2D eigenvalue weighted by atomic mass is 32.2. The first kappa shape index (κ1) is 20.8. The zero-order chi connectivity index (χ0) is 22.0. The maximum atomic E-state index is 12.4. The predicted octanol–water partition coefficient (Wildman–Crippen LogP) is 3.06. The molecule has 0 aliphatic carbocycles. The van der Waals surface area contributed by atoms with Crippen molar-refractivity contribution in [3.63, 3.8) is 0 Å². The predicted molar refractivity (Wildman–Crippen MR) is 121 cm³/mol. The van der Waals surface area contributed by atoms with E-state index < -0.39 is 0 Å². The highest BCUT2D eigenvalue weighted by Crippen LogP contribution is 2.20. The summed E-state index contributed by atoms with van der Waals surface area (Å²) in [5.74, 6) is 0.234. The van der Waals surface area contributed by atoms with Crippen molar-refractivity contribution in [2.24, 2.45) is 0 Å². The molecule has 2 heterocycles. The number of hydrogen-bond donors (Lipinski definition) is 2. The number of amides is 1. The molecule has 2 aromatic heterocycles. The minimum Gasteiger partial charge on any atom is -0.325 e. The smallest absolute Gasteiger partial charge is 0.274 e. The summed E-state index contributed by atoms with van der Waals surface area (Å²) in [4.78, 5) is 27.5. The molecule has 0 spiro atoms. The number of fused-ring (bicyclic) bond motifs is 1. The number of carbonyl (C=O) groups excluding carboxylic acids is 1. The Morgan fingerprint density at radius 1 is 1.10 bits per heavy atom. The van der Waals surface area contributed by atoms with Crippen molar-refractivity contribution in [1.29, 1.82) is 0 Å². The zero-order valence-corrected chi connectivity index (χ0v) is 18.3. The molecule has 4 rings (SSSR count). The SMILES string of the molecule is Cc1ccc(Cc2nn3c(SCC(=O)Nc4cccc(C)c4C)nnc3[nH]c2=O)cc1. The molecule has 2 aromatic carbocycles. The van der Waals surface area contributed by atoms with Gasteiger partial charge in [0, 0.05) is 12.1 Å². The van der Waals surface area contributed by atoms with Crippen molar-refractivity contribution >= 4 is 29.1 Å². The Morgan fingerprint density at radius 2 is 1.87 bits per heavy atom. The largest absolute Gasteiger partial charge is 0.325 e. The first-order chi connectivity index (χ1) is 14.9. The molecule has 4 aromatic rings. The third-order valence-electron chi connectivity index (χ3n) is 5.02. The van der Waals surface area contributed by atoms with E-state index in [1.54, 1.807) is 0 Å². The van der Waals surface area contributed by atoms with E-state index in [4.69, 9.17) is 0 Å². The highest BCUT2D eigenvalue weighted by Gasteiger charge is 2.14. The molecule has 0 unspecified atom stereocenters. The van der Waals surface area contributed by atoms with Gasteiger partial charge in [-0.25, -0.2) is 0 Å². The van der Waals surface area contributed by atoms with Gasteiger partial charge in [0.25, 0.3) is 11.3 Å². The molecule has 0 fully saturated rings. The molecule has 0 saturated carbocycles. The summed E-state index contributed by atoms with van der Waals surface area (Å²) in [6.45, 7) is 5.99. The molecule has 0 atom stereocenters. The van der Waals surface area contributed by atoms with Gasteiger partial charge in [-0.15, -0.1) is 10.2 Å². The van der Waals surface area contributed by atoms with Crippen LogP contribution in [0.15, 0.2) is 52.4 Å². The number of aryl methyl sites for hydroxylation is 2. The lowest BCUT2D eigenvalue weighted by atomic mass is 10.1. The van der Waals surface area contributed by atoms with Crippen LogP contribution in [0.1, 0.15) is 27.9 Å². The van der Waals surface area contributed by atoms with Crippen LogP contribution in [0, 0.1) is 20.8 Å². The fourth-order valence-corrected chi connectivity index (χ4v) is 3.76. The van der Waals surface area contributed by atoms with Crippen LogP contribution in [0.4, 0.5) is 5.69 Å². The topological polar surface area (TPSA) is 105 Å². The van der Waals surface area contributed by atoms with Crippen molar-refractivity contribution in [3.05, 3.63) is 80.8 Å². The lowest BCUT2D eigenvalue weighted by molar-refractivity contribution is -0.113. The molecular weight excluding hydrogens is 412 g/mol. The fraction of sp³-hybridized carbons (Fsp3) is 0.227. The molecule has 8 nitrogen and oxygen atoms in total. The summed E-state index contributed by atoms with van der Waals surface area (Å²) in [5, 5.41) is 15.8. The third-order valence-corrected chi connectivity index (χ3v) is 5.94. The lowest BCUT2D eigenvalue weighted by Gasteiger charge is -2.09. The number of nitrogens with one attached hydrogen (secondary N) is 2. The van der Waals surface area contributed by atoms with Crippen molar-refractivity contribution in [2.45, 2.75) is 32.3 Å². The number of nitrogens with zero attached hydrogens (tertiary/aromatic N) is 4. The number of rotatable bonds is 6. The maximum absolute atomic E-state index is 12.4. The van der Waals surface area contributed by atoms with Crippen LogP contribution in [0.5, 0.6) is 0 Å². The van der Waals surface area contributed by atoms with E-state index in [9.17, 15) is 9.59 Å². The number of hydrogen-bond acceptors (Lipinski definition) is 6. The van der Waals surface area contributed by atoms with Gasteiger partial charge in [0.1, 0.15) is 5.69 Å². The van der Waals surface area contributed by atoms with Gasteiger partial charge in [-0.3, -0.25) is 14.6 Å². The van der Waals surface area contributed by atoms with Crippen molar-refractivity contribution in [2.75, 3.05) is 11.1 Å². The first-order valence-corrected chi connectivity index (χ1v) is 10.8. The minimum absolute atomic E-state index is 0.141. The summed E-state index contributed by atoms with van der Waals surface area (Å²) >= 11 is 1.21. The molecule has 0 bridgehead atoms. The van der Waals surface area contributed by atoms with E-state index in [2.05, 4.69) is 25.6 Å².